The average Bonchev–Trinajstić information content (AvgIpc) is 2.97. The van der Waals surface area contributed by atoms with Crippen LogP contribution in [0.1, 0.15) is 5.56 Å². The van der Waals surface area contributed by atoms with Crippen molar-refractivity contribution in [3.05, 3.63) is 42.0 Å². The van der Waals surface area contributed by atoms with Gasteiger partial charge in [-0.05, 0) is 17.7 Å². The van der Waals surface area contributed by atoms with Crippen molar-refractivity contribution >= 4 is 32.3 Å². The monoisotopic (exact) mass is 354 g/mol. The Hall–Kier alpha value is -3.07. The maximum Gasteiger partial charge on any atom is 0.258 e. The Balaban J connectivity index is 1.98. The minimum Gasteiger partial charge on any atom is -0.368 e. The molecule has 0 saturated heterocycles. The first-order chi connectivity index (χ1) is 11.8. The molecule has 0 unspecified atom stereocenters. The maximum absolute atomic E-state index is 11.7. The van der Waals surface area contributed by atoms with Crippen molar-refractivity contribution in [3.8, 4) is 11.4 Å². The number of aromatic nitrogens is 5. The van der Waals surface area contributed by atoms with Crippen LogP contribution < -0.4 is 5.73 Å². The molecule has 2 N–H and O–H groups in total. The molecular weight excluding hydrogens is 340 g/mol. The molecule has 0 spiro atoms. The number of nitrogens with zero attached hydrogens (tertiary/aromatic N) is 5. The highest BCUT2D eigenvalue weighted by atomic mass is 32.2. The third-order valence-electron chi connectivity index (χ3n) is 3.82. The summed E-state index contributed by atoms with van der Waals surface area (Å²) in [5.74, 6) is 0.411. The minimum atomic E-state index is -3.59. The standard InChI is InChI=1S/C16H14N6O2S/c1-9-6-7-11-10(8-9)4-3-5-12(11)13-18-15-20-16(25(2,23)24)19-14(17)22(15)21-13/h3-8H,1-2H3,(H2,17,18,19,20,21). The normalized spacial score (nSPS) is 12.1. The molecule has 4 rings (SSSR count). The highest BCUT2D eigenvalue weighted by Crippen LogP contribution is 2.27. The molecule has 0 saturated carbocycles. The highest BCUT2D eigenvalue weighted by Gasteiger charge is 2.18. The molecule has 0 amide bonds. The van der Waals surface area contributed by atoms with Crippen LogP contribution in [0.25, 0.3) is 27.9 Å². The van der Waals surface area contributed by atoms with Crippen molar-refractivity contribution in [2.75, 3.05) is 12.0 Å². The molecule has 4 aromatic rings. The van der Waals surface area contributed by atoms with E-state index in [4.69, 9.17) is 5.73 Å². The fourth-order valence-electron chi connectivity index (χ4n) is 2.66. The summed E-state index contributed by atoms with van der Waals surface area (Å²) in [6, 6.07) is 11.9. The molecule has 126 valence electrons. The Morgan fingerprint density at radius 2 is 1.88 bits per heavy atom. The molecule has 2 aromatic heterocycles. The Kier molecular flexibility index (Phi) is 3.22. The van der Waals surface area contributed by atoms with E-state index in [1.807, 2.05) is 37.3 Å². The molecule has 0 fully saturated rings. The van der Waals surface area contributed by atoms with Crippen molar-refractivity contribution in [3.63, 3.8) is 0 Å². The van der Waals surface area contributed by atoms with Gasteiger partial charge in [-0.1, -0.05) is 42.0 Å². The van der Waals surface area contributed by atoms with Crippen LogP contribution in [0.15, 0.2) is 41.6 Å². The van der Waals surface area contributed by atoms with Gasteiger partial charge in [0.25, 0.3) is 10.9 Å². The fourth-order valence-corrected chi connectivity index (χ4v) is 3.17. The van der Waals surface area contributed by atoms with E-state index in [0.29, 0.717) is 5.82 Å². The van der Waals surface area contributed by atoms with Crippen LogP contribution in [0.2, 0.25) is 0 Å². The largest absolute Gasteiger partial charge is 0.368 e. The second kappa shape index (κ2) is 5.21. The first-order valence-electron chi connectivity index (χ1n) is 7.43. The van der Waals surface area contributed by atoms with Crippen LogP contribution >= 0.6 is 0 Å². The third-order valence-corrected chi connectivity index (χ3v) is 4.67. The molecule has 2 aromatic carbocycles. The lowest BCUT2D eigenvalue weighted by atomic mass is 10.0. The summed E-state index contributed by atoms with van der Waals surface area (Å²) in [4.78, 5) is 12.1. The fraction of sp³-hybridized carbons (Fsp3) is 0.125. The number of nitrogens with two attached hydrogens (primary N) is 1. The van der Waals surface area contributed by atoms with Crippen LogP contribution in [-0.2, 0) is 9.84 Å². The SMILES string of the molecule is Cc1ccc2c(-c3nc4nc(S(C)(=O)=O)nc(N)n4n3)cccc2c1. The number of fused-ring (bicyclic) bond motifs is 2. The number of sulfone groups is 1. The molecule has 8 nitrogen and oxygen atoms in total. The van der Waals surface area contributed by atoms with Gasteiger partial charge in [0.15, 0.2) is 5.82 Å². The summed E-state index contributed by atoms with van der Waals surface area (Å²) in [5.41, 5.74) is 7.78. The topological polar surface area (TPSA) is 116 Å². The first kappa shape index (κ1) is 15.5. The molecule has 0 aliphatic carbocycles. The van der Waals surface area contributed by atoms with Crippen LogP contribution in [-0.4, -0.2) is 39.2 Å². The van der Waals surface area contributed by atoms with Gasteiger partial charge in [0.2, 0.25) is 15.8 Å². The van der Waals surface area contributed by atoms with Crippen LogP contribution in [0, 0.1) is 6.92 Å². The van der Waals surface area contributed by atoms with Gasteiger partial charge in [-0.2, -0.15) is 19.5 Å². The Morgan fingerprint density at radius 3 is 2.64 bits per heavy atom. The lowest BCUT2D eigenvalue weighted by Crippen LogP contribution is -2.11. The number of benzene rings is 2. The molecule has 9 heteroatoms. The van der Waals surface area contributed by atoms with Gasteiger partial charge in [-0.15, -0.1) is 5.10 Å². The van der Waals surface area contributed by atoms with Crippen molar-refractivity contribution < 1.29 is 8.42 Å². The second-order valence-electron chi connectivity index (χ2n) is 5.81. The molecule has 25 heavy (non-hydrogen) atoms. The molecule has 0 bridgehead atoms. The Labute approximate surface area is 143 Å². The average molecular weight is 354 g/mol. The summed E-state index contributed by atoms with van der Waals surface area (Å²) in [5, 5.41) is 6.02. The molecule has 2 heterocycles. The minimum absolute atomic E-state index is 0.0831. The number of anilines is 1. The van der Waals surface area contributed by atoms with Gasteiger partial charge in [-0.25, -0.2) is 8.42 Å². The quantitative estimate of drug-likeness (QED) is 0.581. The van der Waals surface area contributed by atoms with E-state index < -0.39 is 9.84 Å². The summed E-state index contributed by atoms with van der Waals surface area (Å²) in [6.07, 6.45) is 1.02. The van der Waals surface area contributed by atoms with E-state index >= 15 is 0 Å². The molecule has 0 atom stereocenters. The zero-order chi connectivity index (χ0) is 17.8. The maximum atomic E-state index is 11.7. The number of hydrogen-bond acceptors (Lipinski definition) is 7. The van der Waals surface area contributed by atoms with Crippen LogP contribution in [0.4, 0.5) is 5.95 Å². The summed E-state index contributed by atoms with van der Waals surface area (Å²) in [7, 11) is -3.59. The van der Waals surface area contributed by atoms with Crippen molar-refractivity contribution in [1.82, 2.24) is 24.6 Å². The Bertz CT molecular complexity index is 1250. The smallest absolute Gasteiger partial charge is 0.258 e. The second-order valence-corrected chi connectivity index (χ2v) is 7.72. The van der Waals surface area contributed by atoms with Crippen LogP contribution in [0.5, 0.6) is 0 Å². The van der Waals surface area contributed by atoms with E-state index in [0.717, 1.165) is 28.2 Å². The molecule has 0 aliphatic heterocycles. The van der Waals surface area contributed by atoms with E-state index in [-0.39, 0.29) is 16.9 Å². The third kappa shape index (κ3) is 2.58. The van der Waals surface area contributed by atoms with Gasteiger partial charge < -0.3 is 5.73 Å². The van der Waals surface area contributed by atoms with E-state index in [2.05, 4.69) is 26.1 Å². The summed E-state index contributed by atoms with van der Waals surface area (Å²) in [6.45, 7) is 2.03. The lowest BCUT2D eigenvalue weighted by molar-refractivity contribution is 0.592. The highest BCUT2D eigenvalue weighted by molar-refractivity contribution is 7.90. The van der Waals surface area contributed by atoms with Crippen molar-refractivity contribution in [1.29, 1.82) is 0 Å². The number of hydrogen-bond donors (Lipinski definition) is 1. The van der Waals surface area contributed by atoms with Crippen LogP contribution in [0.3, 0.4) is 0 Å². The van der Waals surface area contributed by atoms with E-state index in [9.17, 15) is 8.42 Å². The predicted octanol–water partition coefficient (Wildman–Crippen LogP) is 1.63. The van der Waals surface area contributed by atoms with Gasteiger partial charge in [0.1, 0.15) is 0 Å². The summed E-state index contributed by atoms with van der Waals surface area (Å²) >= 11 is 0. The summed E-state index contributed by atoms with van der Waals surface area (Å²) < 4.78 is 24.6. The van der Waals surface area contributed by atoms with Crippen molar-refractivity contribution in [2.24, 2.45) is 0 Å². The van der Waals surface area contributed by atoms with Gasteiger partial charge in [0.05, 0.1) is 0 Å². The Morgan fingerprint density at radius 1 is 1.08 bits per heavy atom. The number of nitrogen functional groups attached to an aromatic ring is 1. The van der Waals surface area contributed by atoms with E-state index in [1.54, 1.807) is 0 Å². The number of rotatable bonds is 2. The molecular formula is C16H14N6O2S. The zero-order valence-corrected chi connectivity index (χ0v) is 14.3. The van der Waals surface area contributed by atoms with Gasteiger partial charge >= 0.3 is 0 Å². The lowest BCUT2D eigenvalue weighted by Gasteiger charge is -2.03. The predicted molar refractivity (Wildman–Crippen MR) is 93.8 cm³/mol. The van der Waals surface area contributed by atoms with E-state index in [1.165, 1.54) is 4.52 Å². The zero-order valence-electron chi connectivity index (χ0n) is 13.5. The number of aryl methyl sites for hydroxylation is 1. The first-order valence-corrected chi connectivity index (χ1v) is 9.32. The van der Waals surface area contributed by atoms with Gasteiger partial charge in [0, 0.05) is 11.8 Å². The van der Waals surface area contributed by atoms with Crippen molar-refractivity contribution in [2.45, 2.75) is 12.1 Å². The molecule has 0 aliphatic rings. The molecule has 0 radical (unpaired) electrons. The van der Waals surface area contributed by atoms with Gasteiger partial charge in [-0.3, -0.25) is 0 Å².